The smallest absolute Gasteiger partial charge is 0.410 e. The lowest BCUT2D eigenvalue weighted by atomic mass is 10.00. The van der Waals surface area contributed by atoms with Crippen LogP contribution in [0.15, 0.2) is 17.1 Å². The first kappa shape index (κ1) is 25.3. The van der Waals surface area contributed by atoms with Crippen LogP contribution < -0.4 is 10.3 Å². The van der Waals surface area contributed by atoms with Crippen molar-refractivity contribution in [1.82, 2.24) is 9.47 Å². The van der Waals surface area contributed by atoms with Gasteiger partial charge in [-0.3, -0.25) is 4.79 Å². The van der Waals surface area contributed by atoms with Gasteiger partial charge in [0.15, 0.2) is 0 Å². The predicted octanol–water partition coefficient (Wildman–Crippen LogP) is 4.91. The number of hydrogen-bond donors (Lipinski definition) is 1. The molecule has 1 aliphatic carbocycles. The van der Waals surface area contributed by atoms with E-state index in [1.54, 1.807) is 16.5 Å². The highest BCUT2D eigenvalue weighted by molar-refractivity contribution is 6.38. The molecule has 0 spiro atoms. The molecular formula is C25H31ClFN3O5. The minimum atomic E-state index is -1.35. The van der Waals surface area contributed by atoms with E-state index in [-0.39, 0.29) is 34.1 Å². The minimum Gasteiger partial charge on any atom is -0.477 e. The molecule has 1 aliphatic heterocycles. The van der Waals surface area contributed by atoms with Gasteiger partial charge in [-0.25, -0.2) is 14.0 Å². The first-order valence-electron chi connectivity index (χ1n) is 11.8. The molecule has 8 nitrogen and oxygen atoms in total. The number of carbonyl (C=O) groups excluding carboxylic acids is 1. The highest BCUT2D eigenvalue weighted by atomic mass is 35.5. The van der Waals surface area contributed by atoms with Crippen LogP contribution in [-0.2, 0) is 4.74 Å². The molecule has 2 fully saturated rings. The van der Waals surface area contributed by atoms with Crippen molar-refractivity contribution in [2.24, 2.45) is 5.92 Å². The standard InChI is InChI=1S/C25H31ClFN3O5/c1-13(28(5)24(34)35-25(2,3)4)14-8-9-29(11-14)21-18(27)10-16-20(19(21)26)30(15-6-7-15)12-17(22(16)31)23(32)33/h10,12-15H,6-9,11H2,1-5H3,(H,32,33)/t13-,14+/m0/s1. The monoisotopic (exact) mass is 507 g/mol. The van der Waals surface area contributed by atoms with E-state index in [2.05, 4.69) is 0 Å². The fourth-order valence-corrected chi connectivity index (χ4v) is 5.12. The first-order chi connectivity index (χ1) is 16.3. The molecule has 4 rings (SSSR count). The van der Waals surface area contributed by atoms with Crippen molar-refractivity contribution < 1.29 is 23.8 Å². The molecule has 2 atom stereocenters. The number of rotatable bonds is 5. The Hall–Kier alpha value is -2.81. The van der Waals surface area contributed by atoms with Crippen molar-refractivity contribution >= 4 is 40.3 Å². The Morgan fingerprint density at radius 2 is 1.94 bits per heavy atom. The molecule has 0 radical (unpaired) electrons. The maximum atomic E-state index is 15.4. The molecule has 1 aromatic carbocycles. The number of fused-ring (bicyclic) bond motifs is 1. The zero-order chi connectivity index (χ0) is 25.8. The molecule has 1 aromatic heterocycles. The summed E-state index contributed by atoms with van der Waals surface area (Å²) in [7, 11) is 1.69. The van der Waals surface area contributed by atoms with E-state index in [4.69, 9.17) is 16.3 Å². The number of carboxylic acids is 1. The number of ether oxygens (including phenoxy) is 1. The SMILES string of the molecule is C[C@@H]([C@@H]1CCN(c2c(F)cc3c(=O)c(C(=O)O)cn(C4CC4)c3c2Cl)C1)N(C)C(=O)OC(C)(C)C. The summed E-state index contributed by atoms with van der Waals surface area (Å²) >= 11 is 6.75. The molecule has 0 unspecified atom stereocenters. The number of aromatic carboxylic acids is 1. The van der Waals surface area contributed by atoms with Crippen molar-refractivity contribution in [3.63, 3.8) is 0 Å². The van der Waals surface area contributed by atoms with Crippen molar-refractivity contribution in [3.8, 4) is 0 Å². The molecule has 35 heavy (non-hydrogen) atoms. The number of hydrogen-bond acceptors (Lipinski definition) is 5. The van der Waals surface area contributed by atoms with E-state index in [0.29, 0.717) is 18.6 Å². The highest BCUT2D eigenvalue weighted by Gasteiger charge is 2.36. The fourth-order valence-electron chi connectivity index (χ4n) is 4.72. The van der Waals surface area contributed by atoms with Crippen LogP contribution in [0.1, 0.15) is 63.4 Å². The zero-order valence-electron chi connectivity index (χ0n) is 20.6. The summed E-state index contributed by atoms with van der Waals surface area (Å²) in [5, 5.41) is 9.54. The Morgan fingerprint density at radius 3 is 2.51 bits per heavy atom. The molecule has 190 valence electrons. The van der Waals surface area contributed by atoms with E-state index in [1.165, 1.54) is 6.20 Å². The van der Waals surface area contributed by atoms with Crippen molar-refractivity contribution in [2.45, 2.75) is 64.6 Å². The fraction of sp³-hybridized carbons (Fsp3) is 0.560. The topological polar surface area (TPSA) is 92.1 Å². The lowest BCUT2D eigenvalue weighted by molar-refractivity contribution is 0.0192. The summed E-state index contributed by atoms with van der Waals surface area (Å²) in [6, 6.07) is 0.981. The lowest BCUT2D eigenvalue weighted by Crippen LogP contribution is -2.43. The average Bonchev–Trinajstić information content (AvgIpc) is 3.49. The molecular weight excluding hydrogens is 477 g/mol. The quantitative estimate of drug-likeness (QED) is 0.618. The third-order valence-corrected chi connectivity index (χ3v) is 7.23. The number of halogens is 2. The summed E-state index contributed by atoms with van der Waals surface area (Å²) in [4.78, 5) is 40.3. The van der Waals surface area contributed by atoms with E-state index in [9.17, 15) is 19.5 Å². The normalized spacial score (nSPS) is 19.2. The van der Waals surface area contributed by atoms with Crippen LogP contribution in [0.5, 0.6) is 0 Å². The molecule has 1 N–H and O–H groups in total. The molecule has 2 aromatic rings. The van der Waals surface area contributed by atoms with Gasteiger partial charge in [0.1, 0.15) is 17.0 Å². The molecule has 2 aliphatic rings. The second kappa shape index (κ2) is 9.00. The summed E-state index contributed by atoms with van der Waals surface area (Å²) in [6.45, 7) is 8.37. The maximum absolute atomic E-state index is 15.4. The van der Waals surface area contributed by atoms with Crippen LogP contribution in [0.3, 0.4) is 0 Å². The number of amides is 1. The minimum absolute atomic E-state index is 0.0286. The van der Waals surface area contributed by atoms with Crippen molar-refractivity contribution in [1.29, 1.82) is 0 Å². The number of carboxylic acid groups (broad SMARTS) is 1. The van der Waals surface area contributed by atoms with E-state index in [0.717, 1.165) is 25.3 Å². The third kappa shape index (κ3) is 4.83. The molecule has 1 amide bonds. The number of carbonyl (C=O) groups is 2. The van der Waals surface area contributed by atoms with Gasteiger partial charge in [-0.15, -0.1) is 0 Å². The Labute approximate surface area is 208 Å². The second-order valence-electron chi connectivity index (χ2n) is 10.6. The van der Waals surface area contributed by atoms with Crippen LogP contribution in [0.25, 0.3) is 10.9 Å². The van der Waals surface area contributed by atoms with Gasteiger partial charge in [0.25, 0.3) is 0 Å². The molecule has 10 heteroatoms. The van der Waals surface area contributed by atoms with Crippen LogP contribution in [-0.4, -0.2) is 58.4 Å². The largest absolute Gasteiger partial charge is 0.477 e. The number of benzene rings is 1. The van der Waals surface area contributed by atoms with Crippen molar-refractivity contribution in [2.75, 3.05) is 25.0 Å². The predicted molar refractivity (Wildman–Crippen MR) is 132 cm³/mol. The Kier molecular flexibility index (Phi) is 6.51. The van der Waals surface area contributed by atoms with E-state index >= 15 is 4.39 Å². The Morgan fingerprint density at radius 1 is 1.29 bits per heavy atom. The third-order valence-electron chi connectivity index (χ3n) is 6.87. The number of aromatic nitrogens is 1. The zero-order valence-corrected chi connectivity index (χ0v) is 21.4. The maximum Gasteiger partial charge on any atom is 0.410 e. The summed E-state index contributed by atoms with van der Waals surface area (Å²) in [6.07, 6.45) is 3.29. The van der Waals surface area contributed by atoms with Gasteiger partial charge in [-0.05, 0) is 58.9 Å². The summed E-state index contributed by atoms with van der Waals surface area (Å²) < 4.78 is 22.6. The van der Waals surface area contributed by atoms with Gasteiger partial charge >= 0.3 is 12.1 Å². The Balaban J connectivity index is 1.67. The van der Waals surface area contributed by atoms with Gasteiger partial charge in [-0.2, -0.15) is 0 Å². The highest BCUT2D eigenvalue weighted by Crippen LogP contribution is 2.43. The number of anilines is 1. The van der Waals surface area contributed by atoms with Gasteiger partial charge in [0, 0.05) is 38.4 Å². The van der Waals surface area contributed by atoms with Gasteiger partial charge in [0.2, 0.25) is 5.43 Å². The molecule has 2 heterocycles. The second-order valence-corrected chi connectivity index (χ2v) is 10.9. The van der Waals surface area contributed by atoms with Crippen molar-refractivity contribution in [3.05, 3.63) is 38.9 Å². The summed E-state index contributed by atoms with van der Waals surface area (Å²) in [5.74, 6) is -1.96. The lowest BCUT2D eigenvalue weighted by Gasteiger charge is -2.32. The van der Waals surface area contributed by atoms with Crippen LogP contribution in [0.4, 0.5) is 14.9 Å². The van der Waals surface area contributed by atoms with Gasteiger partial charge < -0.3 is 24.2 Å². The van der Waals surface area contributed by atoms with Crippen LogP contribution in [0, 0.1) is 11.7 Å². The van der Waals surface area contributed by atoms with E-state index in [1.807, 2.05) is 32.6 Å². The first-order valence-corrected chi connectivity index (χ1v) is 12.2. The van der Waals surface area contributed by atoms with Gasteiger partial charge in [0.05, 0.1) is 21.6 Å². The Bertz CT molecular complexity index is 1250. The van der Waals surface area contributed by atoms with E-state index < -0.39 is 34.5 Å². The van der Waals surface area contributed by atoms with Gasteiger partial charge in [-0.1, -0.05) is 11.6 Å². The van der Waals surface area contributed by atoms with Crippen LogP contribution in [0.2, 0.25) is 5.02 Å². The number of nitrogens with zero attached hydrogens (tertiary/aromatic N) is 3. The van der Waals surface area contributed by atoms with Crippen LogP contribution >= 0.6 is 11.6 Å². The number of pyridine rings is 1. The summed E-state index contributed by atoms with van der Waals surface area (Å²) in [5.41, 5.74) is -1.18. The molecule has 1 saturated heterocycles. The average molecular weight is 508 g/mol. The molecule has 1 saturated carbocycles. The molecule has 0 bridgehead atoms.